The highest BCUT2D eigenvalue weighted by Gasteiger charge is 2.31. The minimum Gasteiger partial charge on any atom is -0.467 e. The van der Waals surface area contributed by atoms with Gasteiger partial charge in [0, 0.05) is 12.6 Å². The number of hydrogen-bond donors (Lipinski definition) is 2. The number of carbonyl (C=O) groups is 1. The first-order chi connectivity index (χ1) is 7.97. The van der Waals surface area contributed by atoms with Gasteiger partial charge in [-0.05, 0) is 19.4 Å². The number of carbonyl (C=O) groups excluding carboxylic acids is 1. The highest BCUT2D eigenvalue weighted by atomic mass is 16.5. The molecule has 0 heterocycles. The second-order valence-corrected chi connectivity index (χ2v) is 4.28. The SMILES string of the molecule is COC(=O)C(C)(O)CN[C@@H](C)c1ccccc1. The summed E-state index contributed by atoms with van der Waals surface area (Å²) in [6.45, 7) is 3.56. The molecule has 0 saturated heterocycles. The molecule has 0 fully saturated rings. The van der Waals surface area contributed by atoms with Crippen LogP contribution in [0.3, 0.4) is 0 Å². The van der Waals surface area contributed by atoms with Crippen LogP contribution in [0.1, 0.15) is 25.5 Å². The zero-order valence-electron chi connectivity index (χ0n) is 10.4. The van der Waals surface area contributed by atoms with E-state index in [1.807, 2.05) is 37.3 Å². The van der Waals surface area contributed by atoms with Gasteiger partial charge in [-0.1, -0.05) is 30.3 Å². The predicted molar refractivity (Wildman–Crippen MR) is 65.5 cm³/mol. The van der Waals surface area contributed by atoms with Crippen molar-refractivity contribution in [2.24, 2.45) is 0 Å². The van der Waals surface area contributed by atoms with Gasteiger partial charge in [-0.15, -0.1) is 0 Å². The fraction of sp³-hybridized carbons (Fsp3) is 0.462. The van der Waals surface area contributed by atoms with Crippen LogP contribution >= 0.6 is 0 Å². The maximum Gasteiger partial charge on any atom is 0.338 e. The van der Waals surface area contributed by atoms with E-state index in [9.17, 15) is 9.90 Å². The first-order valence-electron chi connectivity index (χ1n) is 5.56. The first kappa shape index (κ1) is 13.7. The number of ether oxygens (including phenoxy) is 1. The average Bonchev–Trinajstić information content (AvgIpc) is 2.36. The minimum atomic E-state index is -1.50. The maximum atomic E-state index is 11.3. The van der Waals surface area contributed by atoms with Crippen molar-refractivity contribution in [3.63, 3.8) is 0 Å². The molecule has 4 nitrogen and oxygen atoms in total. The predicted octanol–water partition coefficient (Wildman–Crippen LogP) is 1.26. The van der Waals surface area contributed by atoms with E-state index in [2.05, 4.69) is 10.1 Å². The molecule has 1 rings (SSSR count). The number of hydrogen-bond acceptors (Lipinski definition) is 4. The van der Waals surface area contributed by atoms with Crippen LogP contribution in [0.4, 0.5) is 0 Å². The minimum absolute atomic E-state index is 0.0623. The summed E-state index contributed by atoms with van der Waals surface area (Å²) in [5, 5.41) is 12.9. The summed E-state index contributed by atoms with van der Waals surface area (Å²) < 4.78 is 4.52. The van der Waals surface area contributed by atoms with Crippen molar-refractivity contribution in [2.45, 2.75) is 25.5 Å². The topological polar surface area (TPSA) is 58.6 Å². The van der Waals surface area contributed by atoms with Gasteiger partial charge in [-0.25, -0.2) is 4.79 Å². The molecular formula is C13H19NO3. The van der Waals surface area contributed by atoms with E-state index >= 15 is 0 Å². The molecule has 0 aliphatic carbocycles. The second-order valence-electron chi connectivity index (χ2n) is 4.28. The van der Waals surface area contributed by atoms with Gasteiger partial charge in [0.15, 0.2) is 5.60 Å². The molecule has 1 unspecified atom stereocenters. The van der Waals surface area contributed by atoms with Crippen molar-refractivity contribution in [1.29, 1.82) is 0 Å². The Morgan fingerprint density at radius 3 is 2.59 bits per heavy atom. The summed E-state index contributed by atoms with van der Waals surface area (Å²) in [5.74, 6) is -0.634. The third-order valence-electron chi connectivity index (χ3n) is 2.68. The van der Waals surface area contributed by atoms with Crippen LogP contribution in [0.15, 0.2) is 30.3 Å². The Morgan fingerprint density at radius 1 is 1.47 bits per heavy atom. The number of aliphatic hydroxyl groups is 1. The number of rotatable bonds is 5. The lowest BCUT2D eigenvalue weighted by molar-refractivity contribution is -0.160. The van der Waals surface area contributed by atoms with Crippen LogP contribution in [-0.4, -0.2) is 30.3 Å². The lowest BCUT2D eigenvalue weighted by atomic mass is 10.0. The van der Waals surface area contributed by atoms with E-state index in [0.717, 1.165) is 5.56 Å². The van der Waals surface area contributed by atoms with E-state index in [0.29, 0.717) is 0 Å². The zero-order valence-corrected chi connectivity index (χ0v) is 10.4. The lowest BCUT2D eigenvalue weighted by Gasteiger charge is -2.23. The van der Waals surface area contributed by atoms with Gasteiger partial charge in [0.05, 0.1) is 7.11 Å². The molecule has 0 aliphatic heterocycles. The largest absolute Gasteiger partial charge is 0.467 e. The smallest absolute Gasteiger partial charge is 0.338 e. The maximum absolute atomic E-state index is 11.3. The van der Waals surface area contributed by atoms with Gasteiger partial charge in [0.2, 0.25) is 0 Å². The molecule has 17 heavy (non-hydrogen) atoms. The summed E-state index contributed by atoms with van der Waals surface area (Å²) in [7, 11) is 1.26. The number of benzene rings is 1. The van der Waals surface area contributed by atoms with Gasteiger partial charge in [-0.3, -0.25) is 0 Å². The summed E-state index contributed by atoms with van der Waals surface area (Å²) in [5.41, 5.74) is -0.397. The van der Waals surface area contributed by atoms with E-state index in [1.54, 1.807) is 0 Å². The molecule has 4 heteroatoms. The first-order valence-corrected chi connectivity index (χ1v) is 5.56. The lowest BCUT2D eigenvalue weighted by Crippen LogP contribution is -2.46. The van der Waals surface area contributed by atoms with Crippen LogP contribution in [-0.2, 0) is 9.53 Å². The Hall–Kier alpha value is -1.39. The van der Waals surface area contributed by atoms with Crippen molar-refractivity contribution >= 4 is 5.97 Å². The third kappa shape index (κ3) is 3.84. The van der Waals surface area contributed by atoms with Crippen molar-refractivity contribution in [3.8, 4) is 0 Å². The molecule has 1 aromatic carbocycles. The average molecular weight is 237 g/mol. The molecule has 2 N–H and O–H groups in total. The number of methoxy groups -OCH3 is 1. The monoisotopic (exact) mass is 237 g/mol. The van der Waals surface area contributed by atoms with Crippen molar-refractivity contribution in [3.05, 3.63) is 35.9 Å². The summed E-state index contributed by atoms with van der Waals surface area (Å²) in [6, 6.07) is 9.89. The Bertz CT molecular complexity index is 362. The third-order valence-corrected chi connectivity index (χ3v) is 2.68. The fourth-order valence-electron chi connectivity index (χ4n) is 1.50. The molecule has 0 amide bonds. The van der Waals surface area contributed by atoms with Gasteiger partial charge < -0.3 is 15.2 Å². The standard InChI is InChI=1S/C13H19NO3/c1-10(11-7-5-4-6-8-11)14-9-13(2,16)12(15)17-3/h4-8,10,14,16H,9H2,1-3H3/t10-,13?/m0/s1. The van der Waals surface area contributed by atoms with Crippen LogP contribution < -0.4 is 5.32 Å². The quantitative estimate of drug-likeness (QED) is 0.757. The molecular weight excluding hydrogens is 218 g/mol. The van der Waals surface area contributed by atoms with Crippen molar-refractivity contribution < 1.29 is 14.6 Å². The van der Waals surface area contributed by atoms with Crippen LogP contribution in [0, 0.1) is 0 Å². The van der Waals surface area contributed by atoms with Crippen molar-refractivity contribution in [1.82, 2.24) is 5.32 Å². The molecule has 1 aromatic rings. The van der Waals surface area contributed by atoms with E-state index in [4.69, 9.17) is 0 Å². The Kier molecular flexibility index (Phi) is 4.66. The van der Waals surface area contributed by atoms with E-state index < -0.39 is 11.6 Å². The Balaban J connectivity index is 2.54. The molecule has 0 spiro atoms. The Labute approximate surface area is 102 Å². The van der Waals surface area contributed by atoms with Gasteiger partial charge in [-0.2, -0.15) is 0 Å². The van der Waals surface area contributed by atoms with Gasteiger partial charge in [0.1, 0.15) is 0 Å². The Morgan fingerprint density at radius 2 is 2.06 bits per heavy atom. The van der Waals surface area contributed by atoms with Gasteiger partial charge >= 0.3 is 5.97 Å². The second kappa shape index (κ2) is 5.80. The normalized spacial score (nSPS) is 16.0. The summed E-state index contributed by atoms with van der Waals surface area (Å²) in [6.07, 6.45) is 0. The molecule has 0 radical (unpaired) electrons. The van der Waals surface area contributed by atoms with Crippen LogP contribution in [0.25, 0.3) is 0 Å². The molecule has 0 bridgehead atoms. The fourth-order valence-corrected chi connectivity index (χ4v) is 1.50. The zero-order chi connectivity index (χ0) is 12.9. The molecule has 0 aromatic heterocycles. The highest BCUT2D eigenvalue weighted by molar-refractivity contribution is 5.78. The van der Waals surface area contributed by atoms with Crippen LogP contribution in [0.2, 0.25) is 0 Å². The highest BCUT2D eigenvalue weighted by Crippen LogP contribution is 2.13. The number of nitrogens with one attached hydrogen (secondary N) is 1. The molecule has 0 aliphatic rings. The van der Waals surface area contributed by atoms with Crippen molar-refractivity contribution in [2.75, 3.05) is 13.7 Å². The van der Waals surface area contributed by atoms with E-state index in [-0.39, 0.29) is 12.6 Å². The summed E-state index contributed by atoms with van der Waals surface area (Å²) in [4.78, 5) is 11.3. The summed E-state index contributed by atoms with van der Waals surface area (Å²) >= 11 is 0. The molecule has 2 atom stereocenters. The molecule has 0 saturated carbocycles. The van der Waals surface area contributed by atoms with E-state index in [1.165, 1.54) is 14.0 Å². The van der Waals surface area contributed by atoms with Crippen LogP contribution in [0.5, 0.6) is 0 Å². The number of esters is 1. The van der Waals surface area contributed by atoms with Gasteiger partial charge in [0.25, 0.3) is 0 Å². The molecule has 94 valence electrons.